The van der Waals surface area contributed by atoms with Gasteiger partial charge in [0.15, 0.2) is 0 Å². The molecule has 0 radical (unpaired) electrons. The Hall–Kier alpha value is -2.50. The van der Waals surface area contributed by atoms with E-state index in [9.17, 15) is 19.2 Å². The van der Waals surface area contributed by atoms with Crippen molar-refractivity contribution in [2.45, 2.75) is 19.3 Å². The smallest absolute Gasteiger partial charge is 0.343 e. The lowest BCUT2D eigenvalue weighted by atomic mass is 9.80. The van der Waals surface area contributed by atoms with Gasteiger partial charge in [0.2, 0.25) is 0 Å². The van der Waals surface area contributed by atoms with Gasteiger partial charge in [-0.15, -0.1) is 0 Å². The fourth-order valence-electron chi connectivity index (χ4n) is 3.14. The summed E-state index contributed by atoms with van der Waals surface area (Å²) >= 11 is 0. The predicted octanol–water partition coefficient (Wildman–Crippen LogP) is 0.551. The minimum Gasteiger partial charge on any atom is -0.386 e. The van der Waals surface area contributed by atoms with Crippen LogP contribution in [0.15, 0.2) is 36.0 Å². The maximum Gasteiger partial charge on any atom is 0.343 e. The van der Waals surface area contributed by atoms with Crippen LogP contribution >= 0.6 is 0 Å². The second-order valence-corrected chi connectivity index (χ2v) is 5.47. The third-order valence-corrected chi connectivity index (χ3v) is 4.12. The van der Waals surface area contributed by atoms with E-state index >= 15 is 0 Å². The molecule has 4 aliphatic rings. The topological polar surface area (TPSA) is 89.5 Å². The van der Waals surface area contributed by atoms with Crippen LogP contribution in [0.5, 0.6) is 0 Å². The molecule has 21 heavy (non-hydrogen) atoms. The fourth-order valence-corrected chi connectivity index (χ4v) is 3.14. The number of amides is 2. The lowest BCUT2D eigenvalue weighted by Gasteiger charge is -2.22. The zero-order valence-corrected chi connectivity index (χ0v) is 11.1. The van der Waals surface area contributed by atoms with Crippen LogP contribution in [0.2, 0.25) is 0 Å². The molecule has 108 valence electrons. The molecule has 2 heterocycles. The summed E-state index contributed by atoms with van der Waals surface area (Å²) in [7, 11) is 0. The average Bonchev–Trinajstić information content (AvgIpc) is 3.17. The van der Waals surface area contributed by atoms with E-state index in [0.29, 0.717) is 11.5 Å². The van der Waals surface area contributed by atoms with Gasteiger partial charge in [0.1, 0.15) is 0 Å². The van der Waals surface area contributed by atoms with E-state index in [2.05, 4.69) is 16.9 Å². The zero-order chi connectivity index (χ0) is 15.0. The minimum atomic E-state index is -0.511. The Morgan fingerprint density at radius 3 is 2.19 bits per heavy atom. The highest BCUT2D eigenvalue weighted by molar-refractivity contribution is 6.12. The van der Waals surface area contributed by atoms with Crippen LogP contribution in [0.4, 0.5) is 0 Å². The van der Waals surface area contributed by atoms with Crippen molar-refractivity contribution in [3.8, 4) is 0 Å². The summed E-state index contributed by atoms with van der Waals surface area (Å²) in [4.78, 5) is 42.4. The largest absolute Gasteiger partial charge is 0.386 e. The Bertz CT molecular complexity index is 626. The molecule has 0 saturated heterocycles. The van der Waals surface area contributed by atoms with E-state index in [1.54, 1.807) is 0 Å². The molecule has 1 saturated carbocycles. The van der Waals surface area contributed by atoms with E-state index < -0.39 is 11.9 Å². The van der Waals surface area contributed by atoms with Crippen molar-refractivity contribution >= 4 is 23.8 Å². The Morgan fingerprint density at radius 1 is 1.14 bits per heavy atom. The molecule has 2 atom stereocenters. The summed E-state index contributed by atoms with van der Waals surface area (Å²) in [5.41, 5.74) is 0.396. The molecule has 1 fully saturated rings. The van der Waals surface area contributed by atoms with Gasteiger partial charge < -0.3 is 4.74 Å². The van der Waals surface area contributed by atoms with Gasteiger partial charge in [-0.05, 0) is 25.2 Å². The number of carbonyl (C=O) groups is 4. The van der Waals surface area contributed by atoms with Gasteiger partial charge in [-0.2, -0.15) is 0 Å². The van der Waals surface area contributed by atoms with Crippen LogP contribution in [-0.4, -0.2) is 23.8 Å². The van der Waals surface area contributed by atoms with Crippen molar-refractivity contribution in [3.63, 3.8) is 0 Å². The number of hydrogen-bond acceptors (Lipinski definition) is 5. The Morgan fingerprint density at radius 2 is 1.86 bits per heavy atom. The summed E-state index contributed by atoms with van der Waals surface area (Å²) in [6.45, 7) is 0. The molecule has 0 aromatic heterocycles. The quantitative estimate of drug-likeness (QED) is 0.329. The van der Waals surface area contributed by atoms with Crippen LogP contribution in [0.1, 0.15) is 19.3 Å². The van der Waals surface area contributed by atoms with Crippen molar-refractivity contribution in [2.24, 2.45) is 11.3 Å². The number of fused-ring (bicyclic) bond motifs is 2. The van der Waals surface area contributed by atoms with Crippen LogP contribution in [0.3, 0.4) is 0 Å². The first kappa shape index (κ1) is 13.5. The molecule has 2 bridgehead atoms. The molecule has 2 amide bonds. The highest BCUT2D eigenvalue weighted by Crippen LogP contribution is 2.54. The van der Waals surface area contributed by atoms with Crippen LogP contribution in [0.25, 0.3) is 0 Å². The SMILES string of the molecule is O=C1C=C(C23C=CC(CC2)C3)C(=O)O1.O=C1C=CC(=O)N1. The number of nitrogens with one attached hydrogen (secondary N) is 1. The molecule has 0 aromatic carbocycles. The number of imide groups is 1. The molecule has 6 nitrogen and oxygen atoms in total. The molecule has 1 N–H and O–H groups in total. The van der Waals surface area contributed by atoms with Gasteiger partial charge in [0.25, 0.3) is 11.8 Å². The van der Waals surface area contributed by atoms with Crippen LogP contribution in [-0.2, 0) is 23.9 Å². The number of esters is 2. The zero-order valence-electron chi connectivity index (χ0n) is 11.1. The first-order chi connectivity index (χ1) is 9.98. The van der Waals surface area contributed by atoms with E-state index in [1.165, 1.54) is 18.2 Å². The number of ether oxygens (including phenoxy) is 1. The lowest BCUT2D eigenvalue weighted by molar-refractivity contribution is -0.151. The highest BCUT2D eigenvalue weighted by atomic mass is 16.6. The first-order valence-electron chi connectivity index (χ1n) is 6.69. The Kier molecular flexibility index (Phi) is 3.08. The molecule has 2 aliphatic carbocycles. The maximum atomic E-state index is 11.4. The van der Waals surface area contributed by atoms with Gasteiger partial charge in [0, 0.05) is 23.6 Å². The number of hydrogen-bond donors (Lipinski definition) is 1. The third kappa shape index (κ3) is 2.44. The van der Waals surface area contributed by atoms with Crippen molar-refractivity contribution in [2.75, 3.05) is 0 Å². The molecular weight excluding hydrogens is 274 g/mol. The highest BCUT2D eigenvalue weighted by Gasteiger charge is 2.48. The average molecular weight is 287 g/mol. The van der Waals surface area contributed by atoms with Gasteiger partial charge in [-0.1, -0.05) is 12.2 Å². The number of carbonyl (C=O) groups excluding carboxylic acids is 4. The monoisotopic (exact) mass is 287 g/mol. The fraction of sp³-hybridized carbons (Fsp3) is 0.333. The second-order valence-electron chi connectivity index (χ2n) is 5.47. The van der Waals surface area contributed by atoms with Gasteiger partial charge in [0.05, 0.1) is 5.57 Å². The first-order valence-corrected chi connectivity index (χ1v) is 6.69. The molecular formula is C15H13NO5. The lowest BCUT2D eigenvalue weighted by Crippen LogP contribution is -2.19. The van der Waals surface area contributed by atoms with Gasteiger partial charge in [-0.25, -0.2) is 9.59 Å². The standard InChI is InChI=1S/C11H10O3.C4H3NO2/c12-9-5-8(10(13)14-9)11-3-1-7(6-11)2-4-11;6-3-1-2-4(7)5-3/h1,3,5,7H,2,4,6H2;1-2H,(H,5,6,7). The third-order valence-electron chi connectivity index (χ3n) is 4.12. The Labute approximate surface area is 120 Å². The van der Waals surface area contributed by atoms with E-state index in [-0.39, 0.29) is 17.2 Å². The number of cyclic esters (lactones) is 2. The molecule has 2 aliphatic heterocycles. The normalized spacial score (nSPS) is 32.0. The second kappa shape index (κ2) is 4.80. The molecule has 6 heteroatoms. The van der Waals surface area contributed by atoms with Crippen LogP contribution < -0.4 is 5.32 Å². The van der Waals surface area contributed by atoms with Crippen molar-refractivity contribution < 1.29 is 23.9 Å². The minimum absolute atomic E-state index is 0.173. The maximum absolute atomic E-state index is 11.4. The van der Waals surface area contributed by atoms with Crippen molar-refractivity contribution in [1.29, 1.82) is 0 Å². The molecule has 0 aromatic rings. The summed E-state index contributed by atoms with van der Waals surface area (Å²) in [6, 6.07) is 0. The summed E-state index contributed by atoms with van der Waals surface area (Å²) in [5.74, 6) is -1.01. The van der Waals surface area contributed by atoms with Crippen molar-refractivity contribution in [3.05, 3.63) is 36.0 Å². The Balaban J connectivity index is 0.000000160. The number of rotatable bonds is 1. The predicted molar refractivity (Wildman–Crippen MR) is 70.4 cm³/mol. The molecule has 4 rings (SSSR count). The van der Waals surface area contributed by atoms with E-state index in [1.807, 2.05) is 5.32 Å². The van der Waals surface area contributed by atoms with Gasteiger partial charge in [-0.3, -0.25) is 14.9 Å². The van der Waals surface area contributed by atoms with Crippen molar-refractivity contribution in [1.82, 2.24) is 5.32 Å². The molecule has 0 spiro atoms. The summed E-state index contributed by atoms with van der Waals surface area (Å²) in [5, 5.41) is 2.03. The van der Waals surface area contributed by atoms with Crippen LogP contribution in [0, 0.1) is 11.3 Å². The van der Waals surface area contributed by atoms with E-state index in [4.69, 9.17) is 0 Å². The van der Waals surface area contributed by atoms with Gasteiger partial charge >= 0.3 is 11.9 Å². The number of allylic oxidation sites excluding steroid dienone is 2. The molecule has 2 unspecified atom stereocenters. The summed E-state index contributed by atoms with van der Waals surface area (Å²) in [6.07, 6.45) is 11.1. The van der Waals surface area contributed by atoms with E-state index in [0.717, 1.165) is 19.3 Å². The summed E-state index contributed by atoms with van der Waals surface area (Å²) < 4.78 is 4.53.